The third-order valence-corrected chi connectivity index (χ3v) is 3.04. The van der Waals surface area contributed by atoms with Crippen molar-refractivity contribution < 1.29 is 0 Å². The summed E-state index contributed by atoms with van der Waals surface area (Å²) in [5.41, 5.74) is 8.18. The quantitative estimate of drug-likeness (QED) is 0.882. The standard InChI is InChI=1S/C14H22N4/c1-4-8-18-13(11(15)9-10(2)3)17-12-6-5-7-16-14(12)18/h5-7,10-11H,4,8-9,15H2,1-3H3. The van der Waals surface area contributed by atoms with Crippen molar-refractivity contribution in [3.63, 3.8) is 0 Å². The maximum absolute atomic E-state index is 6.28. The van der Waals surface area contributed by atoms with Crippen molar-refractivity contribution in [1.82, 2.24) is 14.5 Å². The van der Waals surface area contributed by atoms with Crippen molar-refractivity contribution in [1.29, 1.82) is 0 Å². The molecule has 2 N–H and O–H groups in total. The van der Waals surface area contributed by atoms with Crippen LogP contribution in [0.2, 0.25) is 0 Å². The van der Waals surface area contributed by atoms with Crippen LogP contribution in [0.4, 0.5) is 0 Å². The van der Waals surface area contributed by atoms with Crippen LogP contribution in [0.1, 0.15) is 45.5 Å². The van der Waals surface area contributed by atoms with E-state index in [4.69, 9.17) is 5.73 Å². The molecule has 4 nitrogen and oxygen atoms in total. The lowest BCUT2D eigenvalue weighted by Crippen LogP contribution is -2.18. The van der Waals surface area contributed by atoms with E-state index >= 15 is 0 Å². The minimum absolute atomic E-state index is 0.00856. The predicted octanol–water partition coefficient (Wildman–Crippen LogP) is 2.89. The van der Waals surface area contributed by atoms with Gasteiger partial charge in [0, 0.05) is 12.7 Å². The van der Waals surface area contributed by atoms with Crippen molar-refractivity contribution in [2.45, 2.75) is 46.2 Å². The molecule has 2 rings (SSSR count). The van der Waals surface area contributed by atoms with Crippen LogP contribution in [-0.4, -0.2) is 14.5 Å². The molecule has 0 bridgehead atoms. The number of nitrogens with zero attached hydrogens (tertiary/aromatic N) is 3. The van der Waals surface area contributed by atoms with E-state index in [9.17, 15) is 0 Å². The van der Waals surface area contributed by atoms with Crippen molar-refractivity contribution in [3.8, 4) is 0 Å². The number of fused-ring (bicyclic) bond motifs is 1. The van der Waals surface area contributed by atoms with Crippen LogP contribution in [0.5, 0.6) is 0 Å². The average Bonchev–Trinajstić information content (AvgIpc) is 2.68. The smallest absolute Gasteiger partial charge is 0.160 e. The molecule has 0 spiro atoms. The highest BCUT2D eigenvalue weighted by Gasteiger charge is 2.18. The van der Waals surface area contributed by atoms with Gasteiger partial charge in [-0.3, -0.25) is 0 Å². The fraction of sp³-hybridized carbons (Fsp3) is 0.571. The molecule has 2 aromatic heterocycles. The second kappa shape index (κ2) is 5.48. The Kier molecular flexibility index (Phi) is 3.97. The zero-order valence-corrected chi connectivity index (χ0v) is 11.4. The molecular weight excluding hydrogens is 224 g/mol. The van der Waals surface area contributed by atoms with Gasteiger partial charge in [0.1, 0.15) is 11.3 Å². The Labute approximate surface area is 108 Å². The molecule has 0 aliphatic carbocycles. The number of hydrogen-bond donors (Lipinski definition) is 1. The van der Waals surface area contributed by atoms with Crippen LogP contribution >= 0.6 is 0 Å². The molecule has 2 aromatic rings. The Balaban J connectivity index is 2.44. The molecular formula is C14H22N4. The highest BCUT2D eigenvalue weighted by atomic mass is 15.1. The third kappa shape index (κ3) is 2.53. The van der Waals surface area contributed by atoms with E-state index in [2.05, 4.69) is 35.3 Å². The number of pyridine rings is 1. The molecule has 4 heteroatoms. The van der Waals surface area contributed by atoms with Gasteiger partial charge >= 0.3 is 0 Å². The van der Waals surface area contributed by atoms with Gasteiger partial charge in [0.25, 0.3) is 0 Å². The van der Waals surface area contributed by atoms with E-state index in [-0.39, 0.29) is 6.04 Å². The number of imidazole rings is 1. The van der Waals surface area contributed by atoms with Gasteiger partial charge in [0.15, 0.2) is 5.65 Å². The first kappa shape index (κ1) is 13.0. The first-order valence-electron chi connectivity index (χ1n) is 6.70. The van der Waals surface area contributed by atoms with Gasteiger partial charge in [-0.2, -0.15) is 0 Å². The average molecular weight is 246 g/mol. The summed E-state index contributed by atoms with van der Waals surface area (Å²) in [7, 11) is 0. The first-order chi connectivity index (χ1) is 8.63. The highest BCUT2D eigenvalue weighted by molar-refractivity contribution is 5.71. The largest absolute Gasteiger partial charge is 0.321 e. The van der Waals surface area contributed by atoms with E-state index in [0.717, 1.165) is 36.4 Å². The Hall–Kier alpha value is -1.42. The van der Waals surface area contributed by atoms with Crippen LogP contribution in [0.3, 0.4) is 0 Å². The lowest BCUT2D eigenvalue weighted by molar-refractivity contribution is 0.474. The number of hydrogen-bond acceptors (Lipinski definition) is 3. The second-order valence-corrected chi connectivity index (χ2v) is 5.20. The predicted molar refractivity (Wildman–Crippen MR) is 74.2 cm³/mol. The summed E-state index contributed by atoms with van der Waals surface area (Å²) >= 11 is 0. The molecule has 1 unspecified atom stereocenters. The molecule has 0 saturated carbocycles. The van der Waals surface area contributed by atoms with Crippen LogP contribution < -0.4 is 5.73 Å². The fourth-order valence-corrected chi connectivity index (χ4v) is 2.32. The number of rotatable bonds is 5. The summed E-state index contributed by atoms with van der Waals surface area (Å²) in [6, 6.07) is 3.91. The van der Waals surface area contributed by atoms with Gasteiger partial charge in [-0.15, -0.1) is 0 Å². The van der Waals surface area contributed by atoms with E-state index < -0.39 is 0 Å². The molecule has 98 valence electrons. The van der Waals surface area contributed by atoms with Gasteiger partial charge in [0.05, 0.1) is 6.04 Å². The van der Waals surface area contributed by atoms with Crippen LogP contribution in [0.25, 0.3) is 11.2 Å². The zero-order valence-electron chi connectivity index (χ0n) is 11.4. The minimum Gasteiger partial charge on any atom is -0.321 e. The van der Waals surface area contributed by atoms with Crippen molar-refractivity contribution in [3.05, 3.63) is 24.2 Å². The Morgan fingerprint density at radius 3 is 2.83 bits per heavy atom. The topological polar surface area (TPSA) is 56.7 Å². The summed E-state index contributed by atoms with van der Waals surface area (Å²) in [4.78, 5) is 9.09. The molecule has 18 heavy (non-hydrogen) atoms. The number of aromatic nitrogens is 3. The van der Waals surface area contributed by atoms with E-state index in [1.54, 1.807) is 0 Å². The number of aryl methyl sites for hydroxylation is 1. The van der Waals surface area contributed by atoms with Gasteiger partial charge in [-0.1, -0.05) is 20.8 Å². The van der Waals surface area contributed by atoms with Gasteiger partial charge in [-0.25, -0.2) is 9.97 Å². The summed E-state index contributed by atoms with van der Waals surface area (Å²) in [5.74, 6) is 1.54. The van der Waals surface area contributed by atoms with Gasteiger partial charge in [-0.05, 0) is 30.9 Å². The summed E-state index contributed by atoms with van der Waals surface area (Å²) in [6.45, 7) is 7.46. The molecule has 0 radical (unpaired) electrons. The lowest BCUT2D eigenvalue weighted by Gasteiger charge is -2.15. The Morgan fingerprint density at radius 2 is 2.17 bits per heavy atom. The molecule has 0 aliphatic heterocycles. The van der Waals surface area contributed by atoms with E-state index in [1.807, 2.05) is 18.3 Å². The van der Waals surface area contributed by atoms with Crippen molar-refractivity contribution in [2.24, 2.45) is 11.7 Å². The van der Waals surface area contributed by atoms with Crippen molar-refractivity contribution in [2.75, 3.05) is 0 Å². The maximum atomic E-state index is 6.28. The third-order valence-electron chi connectivity index (χ3n) is 3.04. The van der Waals surface area contributed by atoms with Gasteiger partial charge < -0.3 is 10.3 Å². The number of nitrogens with two attached hydrogens (primary N) is 1. The highest BCUT2D eigenvalue weighted by Crippen LogP contribution is 2.22. The Bertz CT molecular complexity index is 515. The summed E-state index contributed by atoms with van der Waals surface area (Å²) in [5, 5.41) is 0. The molecule has 2 heterocycles. The van der Waals surface area contributed by atoms with E-state index in [1.165, 1.54) is 0 Å². The Morgan fingerprint density at radius 1 is 1.39 bits per heavy atom. The molecule has 1 atom stereocenters. The summed E-state index contributed by atoms with van der Waals surface area (Å²) < 4.78 is 2.17. The van der Waals surface area contributed by atoms with Gasteiger partial charge in [0.2, 0.25) is 0 Å². The van der Waals surface area contributed by atoms with E-state index in [0.29, 0.717) is 5.92 Å². The van der Waals surface area contributed by atoms with Crippen LogP contribution in [0, 0.1) is 5.92 Å². The molecule has 0 aliphatic rings. The summed E-state index contributed by atoms with van der Waals surface area (Å²) in [6.07, 6.45) is 3.82. The second-order valence-electron chi connectivity index (χ2n) is 5.20. The maximum Gasteiger partial charge on any atom is 0.160 e. The SMILES string of the molecule is CCCn1c(C(N)CC(C)C)nc2cccnc21. The molecule has 0 aromatic carbocycles. The monoisotopic (exact) mass is 246 g/mol. The van der Waals surface area contributed by atoms with Crippen molar-refractivity contribution >= 4 is 11.2 Å². The molecule has 0 amide bonds. The lowest BCUT2D eigenvalue weighted by atomic mass is 10.0. The molecule has 0 saturated heterocycles. The zero-order chi connectivity index (χ0) is 13.1. The molecule has 0 fully saturated rings. The van der Waals surface area contributed by atoms with Crippen LogP contribution in [-0.2, 0) is 6.54 Å². The minimum atomic E-state index is -0.00856. The fourth-order valence-electron chi connectivity index (χ4n) is 2.32. The first-order valence-corrected chi connectivity index (χ1v) is 6.70. The van der Waals surface area contributed by atoms with Crippen LogP contribution in [0.15, 0.2) is 18.3 Å². The normalized spacial score (nSPS) is 13.4.